The number of hydrogen-bond donors (Lipinski definition) is 0. The highest BCUT2D eigenvalue weighted by Crippen LogP contribution is 2.53. The van der Waals surface area contributed by atoms with Crippen LogP contribution in [0.1, 0.15) is 79.1 Å². The minimum atomic E-state index is -2.82. The second kappa shape index (κ2) is 11.9. The van der Waals surface area contributed by atoms with E-state index in [1.807, 2.05) is 27.7 Å². The van der Waals surface area contributed by atoms with Gasteiger partial charge in [0.2, 0.25) is 0 Å². The van der Waals surface area contributed by atoms with Crippen LogP contribution < -0.4 is 0 Å². The van der Waals surface area contributed by atoms with E-state index in [-0.39, 0.29) is 0 Å². The van der Waals surface area contributed by atoms with Crippen LogP contribution >= 0.6 is 0 Å². The van der Waals surface area contributed by atoms with Crippen molar-refractivity contribution in [2.24, 2.45) is 0 Å². The smallest absolute Gasteiger partial charge is 0.393 e. The minimum absolute atomic E-state index is 0.464. The molecule has 0 spiro atoms. The summed E-state index contributed by atoms with van der Waals surface area (Å²) in [6.07, 6.45) is 9.71. The van der Waals surface area contributed by atoms with Crippen molar-refractivity contribution in [3.63, 3.8) is 0 Å². The molecule has 0 N–H and O–H groups in total. The van der Waals surface area contributed by atoms with Gasteiger partial charge in [0.05, 0.1) is 0 Å². The highest BCUT2D eigenvalue weighted by atomic mass is 28.5. The Bertz CT molecular complexity index is 415. The van der Waals surface area contributed by atoms with E-state index in [1.165, 1.54) is 51.4 Å². The zero-order valence-corrected chi connectivity index (χ0v) is 22.6. The molecule has 0 saturated heterocycles. The van der Waals surface area contributed by atoms with Crippen LogP contribution in [0, 0.1) is 0 Å². The van der Waals surface area contributed by atoms with Gasteiger partial charge in [-0.1, -0.05) is 25.7 Å². The van der Waals surface area contributed by atoms with Gasteiger partial charge < -0.3 is 25.9 Å². The van der Waals surface area contributed by atoms with Crippen LogP contribution in [0.25, 0.3) is 0 Å². The molecule has 0 bridgehead atoms. The summed E-state index contributed by atoms with van der Waals surface area (Å²) in [5.41, 5.74) is 0.928. The third-order valence-corrected chi connectivity index (χ3v) is 18.4. The molecule has 9 heteroatoms. The average molecular weight is 465 g/mol. The first-order valence-electron chi connectivity index (χ1n) is 11.8. The van der Waals surface area contributed by atoms with E-state index in [9.17, 15) is 0 Å². The Hall–Kier alpha value is 0.411. The van der Waals surface area contributed by atoms with Crippen LogP contribution in [0.15, 0.2) is 0 Å². The van der Waals surface area contributed by atoms with Crippen molar-refractivity contribution in [2.75, 3.05) is 26.4 Å². The van der Waals surface area contributed by atoms with Gasteiger partial charge in [-0.3, -0.25) is 0 Å². The van der Waals surface area contributed by atoms with E-state index >= 15 is 0 Å². The van der Waals surface area contributed by atoms with Gasteiger partial charge >= 0.3 is 26.2 Å². The molecule has 0 aromatic heterocycles. The fourth-order valence-corrected chi connectivity index (χ4v) is 19.3. The van der Waals surface area contributed by atoms with Crippen LogP contribution in [-0.4, -0.2) is 52.6 Å². The lowest BCUT2D eigenvalue weighted by Gasteiger charge is -2.47. The standard InChI is InChI=1S/C20H44O6Si3/c1-7-21-27(5,22-8-2)25-29(19-15-11-12-16-19,20-17-13-14-18-20)26-28(6,23-9-3)24-10-4/h19-20H,7-18H2,1-6H3. The van der Waals surface area contributed by atoms with Crippen LogP contribution in [0.5, 0.6) is 0 Å². The van der Waals surface area contributed by atoms with E-state index in [4.69, 9.17) is 25.9 Å². The molecule has 172 valence electrons. The van der Waals surface area contributed by atoms with E-state index in [0.29, 0.717) is 37.5 Å². The highest BCUT2D eigenvalue weighted by molar-refractivity contribution is 6.85. The van der Waals surface area contributed by atoms with Crippen LogP contribution in [0.3, 0.4) is 0 Å². The lowest BCUT2D eigenvalue weighted by atomic mass is 10.3. The Balaban J connectivity index is 2.47. The van der Waals surface area contributed by atoms with Crippen molar-refractivity contribution in [1.82, 2.24) is 0 Å². The van der Waals surface area contributed by atoms with Gasteiger partial charge in [-0.25, -0.2) is 0 Å². The maximum absolute atomic E-state index is 7.15. The molecule has 0 amide bonds. The molecule has 6 nitrogen and oxygen atoms in total. The van der Waals surface area contributed by atoms with Crippen molar-refractivity contribution in [2.45, 2.75) is 103 Å². The summed E-state index contributed by atoms with van der Waals surface area (Å²) >= 11 is 0. The molecule has 0 unspecified atom stereocenters. The van der Waals surface area contributed by atoms with Gasteiger partial charge in [0, 0.05) is 50.6 Å². The molecule has 0 aliphatic heterocycles. The van der Waals surface area contributed by atoms with E-state index in [2.05, 4.69) is 13.1 Å². The molecular weight excluding hydrogens is 420 g/mol. The first kappa shape index (κ1) is 25.7. The molecule has 2 aliphatic carbocycles. The summed E-state index contributed by atoms with van der Waals surface area (Å²) in [5, 5.41) is 0. The Morgan fingerprint density at radius 3 is 1.07 bits per heavy atom. The molecule has 0 heterocycles. The minimum Gasteiger partial charge on any atom is -0.393 e. The summed E-state index contributed by atoms with van der Waals surface area (Å²) in [7, 11) is -8.36. The fraction of sp³-hybridized carbons (Fsp3) is 1.00. The van der Waals surface area contributed by atoms with Gasteiger partial charge in [-0.05, 0) is 53.4 Å². The zero-order valence-electron chi connectivity index (χ0n) is 19.6. The first-order chi connectivity index (χ1) is 13.9. The average Bonchev–Trinajstić information content (AvgIpc) is 3.36. The summed E-state index contributed by atoms with van der Waals surface area (Å²) in [6.45, 7) is 14.5. The molecule has 0 aromatic rings. The molecule has 2 rings (SSSR count). The van der Waals surface area contributed by atoms with Crippen molar-refractivity contribution in [1.29, 1.82) is 0 Å². The van der Waals surface area contributed by atoms with Gasteiger partial charge in [0.15, 0.2) is 0 Å². The van der Waals surface area contributed by atoms with E-state index in [1.54, 1.807) is 0 Å². The van der Waals surface area contributed by atoms with E-state index in [0.717, 1.165) is 0 Å². The summed E-state index contributed by atoms with van der Waals surface area (Å²) in [5.74, 6) is 0. The normalized spacial score (nSPS) is 20.1. The van der Waals surface area contributed by atoms with E-state index < -0.39 is 26.2 Å². The van der Waals surface area contributed by atoms with Crippen LogP contribution in [0.2, 0.25) is 24.2 Å². The van der Waals surface area contributed by atoms with Crippen LogP contribution in [0.4, 0.5) is 0 Å². The number of hydrogen-bond acceptors (Lipinski definition) is 6. The monoisotopic (exact) mass is 464 g/mol. The third kappa shape index (κ3) is 6.69. The SMILES string of the molecule is CCO[Si](C)(OCC)O[Si](O[Si](C)(OCC)OCC)(C1CCCC1)C1CCCC1. The summed E-state index contributed by atoms with van der Waals surface area (Å²) in [6, 6.07) is 0. The van der Waals surface area contributed by atoms with Gasteiger partial charge in [0.25, 0.3) is 0 Å². The predicted molar refractivity (Wildman–Crippen MR) is 122 cm³/mol. The second-order valence-electron chi connectivity index (χ2n) is 8.35. The molecule has 2 saturated carbocycles. The van der Waals surface area contributed by atoms with Crippen LogP contribution in [-0.2, 0) is 25.9 Å². The maximum Gasteiger partial charge on any atom is 0.488 e. The quantitative estimate of drug-likeness (QED) is 0.310. The number of rotatable bonds is 14. The van der Waals surface area contributed by atoms with Gasteiger partial charge in [0.1, 0.15) is 0 Å². The molecule has 2 fully saturated rings. The molecule has 29 heavy (non-hydrogen) atoms. The zero-order chi connectivity index (χ0) is 21.4. The summed E-state index contributed by atoms with van der Waals surface area (Å²) in [4.78, 5) is 0. The molecular formula is C20H44O6Si3. The highest BCUT2D eigenvalue weighted by Gasteiger charge is 2.62. The van der Waals surface area contributed by atoms with Crippen molar-refractivity contribution in [3.8, 4) is 0 Å². The largest absolute Gasteiger partial charge is 0.488 e. The van der Waals surface area contributed by atoms with Crippen molar-refractivity contribution < 1.29 is 25.9 Å². The van der Waals surface area contributed by atoms with Crippen molar-refractivity contribution in [3.05, 3.63) is 0 Å². The Morgan fingerprint density at radius 2 is 0.828 bits per heavy atom. The Labute approximate surface area is 181 Å². The molecule has 2 aliphatic rings. The first-order valence-corrected chi connectivity index (χ1v) is 18.2. The topological polar surface area (TPSA) is 55.4 Å². The fourth-order valence-electron chi connectivity index (χ4n) is 5.17. The molecule has 0 radical (unpaired) electrons. The molecule has 0 atom stereocenters. The Morgan fingerprint density at radius 1 is 0.552 bits per heavy atom. The molecule has 0 aromatic carbocycles. The third-order valence-electron chi connectivity index (χ3n) is 6.16. The lowest BCUT2D eigenvalue weighted by Crippen LogP contribution is -2.64. The van der Waals surface area contributed by atoms with Gasteiger partial charge in [-0.15, -0.1) is 0 Å². The van der Waals surface area contributed by atoms with Crippen molar-refractivity contribution >= 4 is 26.2 Å². The Kier molecular flexibility index (Phi) is 10.5. The lowest BCUT2D eigenvalue weighted by molar-refractivity contribution is 0.0784. The van der Waals surface area contributed by atoms with Gasteiger partial charge in [-0.2, -0.15) is 0 Å². The predicted octanol–water partition coefficient (Wildman–Crippen LogP) is 5.63. The second-order valence-corrected chi connectivity index (χ2v) is 17.7. The maximum atomic E-state index is 7.15. The summed E-state index contributed by atoms with van der Waals surface area (Å²) < 4.78 is 38.9.